The Morgan fingerprint density at radius 3 is 2.59 bits per heavy atom. The van der Waals surface area contributed by atoms with Crippen LogP contribution in [0.25, 0.3) is 17.0 Å². The molecule has 0 N–H and O–H groups in total. The van der Waals surface area contributed by atoms with E-state index < -0.39 is 0 Å². The van der Waals surface area contributed by atoms with Gasteiger partial charge in [0.1, 0.15) is 29.7 Å². The molecule has 3 aromatic carbocycles. The van der Waals surface area contributed by atoms with Gasteiger partial charge in [-0.2, -0.15) is 0 Å². The third kappa shape index (κ3) is 3.60. The number of hydrogen-bond donors (Lipinski definition) is 0. The zero-order valence-electron chi connectivity index (χ0n) is 17.6. The van der Waals surface area contributed by atoms with Gasteiger partial charge < -0.3 is 18.8 Å². The first-order valence-corrected chi connectivity index (χ1v) is 10.1. The summed E-state index contributed by atoms with van der Waals surface area (Å²) in [4.78, 5) is 12.9. The molecule has 0 spiro atoms. The molecule has 0 radical (unpaired) electrons. The lowest BCUT2D eigenvalue weighted by Gasteiger charge is -2.07. The van der Waals surface area contributed by atoms with E-state index in [1.807, 2.05) is 36.0 Å². The van der Waals surface area contributed by atoms with Crippen molar-refractivity contribution >= 4 is 22.8 Å². The highest BCUT2D eigenvalue weighted by Crippen LogP contribution is 2.36. The number of carbonyl (C=O) groups is 1. The molecule has 4 aromatic rings. The summed E-state index contributed by atoms with van der Waals surface area (Å²) in [5.41, 5.74) is 3.22. The second-order valence-corrected chi connectivity index (χ2v) is 7.59. The molecular weight excluding hydrogens is 409 g/mol. The smallest absolute Gasteiger partial charge is 0.231 e. The largest absolute Gasteiger partial charge is 0.497 e. The highest BCUT2D eigenvalue weighted by atomic mass is 19.1. The molecule has 160 valence electrons. The topological polar surface area (TPSA) is 49.7 Å². The quantitative estimate of drug-likeness (QED) is 0.392. The highest BCUT2D eigenvalue weighted by molar-refractivity contribution is 6.15. The molecule has 2 heterocycles. The van der Waals surface area contributed by atoms with Gasteiger partial charge in [-0.1, -0.05) is 12.1 Å². The minimum absolute atomic E-state index is 0.176. The van der Waals surface area contributed by atoms with Gasteiger partial charge in [-0.25, -0.2) is 4.39 Å². The third-order valence-electron chi connectivity index (χ3n) is 5.47. The highest BCUT2D eigenvalue weighted by Gasteiger charge is 2.28. The van der Waals surface area contributed by atoms with Crippen LogP contribution in [0.3, 0.4) is 0 Å². The van der Waals surface area contributed by atoms with E-state index in [9.17, 15) is 9.18 Å². The van der Waals surface area contributed by atoms with E-state index in [4.69, 9.17) is 14.2 Å². The summed E-state index contributed by atoms with van der Waals surface area (Å²) in [5.74, 6) is 1.55. The number of benzene rings is 3. The number of ketones is 1. The van der Waals surface area contributed by atoms with Crippen molar-refractivity contribution in [3.8, 4) is 17.2 Å². The average molecular weight is 429 g/mol. The number of hydrogen-bond acceptors (Lipinski definition) is 4. The molecule has 0 saturated carbocycles. The van der Waals surface area contributed by atoms with Crippen molar-refractivity contribution in [3.05, 3.63) is 95.1 Å². The van der Waals surface area contributed by atoms with Crippen LogP contribution in [0, 0.1) is 5.82 Å². The predicted molar refractivity (Wildman–Crippen MR) is 120 cm³/mol. The molecule has 0 unspecified atom stereocenters. The molecule has 5 rings (SSSR count). The molecule has 0 saturated heterocycles. The number of carbonyl (C=O) groups excluding carboxylic acids is 1. The minimum atomic E-state index is -0.290. The lowest BCUT2D eigenvalue weighted by molar-refractivity contribution is 0.101. The molecule has 0 fully saturated rings. The monoisotopic (exact) mass is 429 g/mol. The van der Waals surface area contributed by atoms with Crippen LogP contribution in [0.4, 0.5) is 4.39 Å². The van der Waals surface area contributed by atoms with Crippen molar-refractivity contribution in [1.29, 1.82) is 0 Å². The Bertz CT molecular complexity index is 1370. The van der Waals surface area contributed by atoms with Gasteiger partial charge in [-0.15, -0.1) is 0 Å². The third-order valence-corrected chi connectivity index (χ3v) is 5.47. The van der Waals surface area contributed by atoms with E-state index >= 15 is 0 Å². The van der Waals surface area contributed by atoms with Crippen LogP contribution >= 0.6 is 0 Å². The lowest BCUT2D eigenvalue weighted by Crippen LogP contribution is -1.98. The zero-order valence-corrected chi connectivity index (χ0v) is 17.6. The fraction of sp³-hybridized carbons (Fsp3) is 0.115. The molecule has 32 heavy (non-hydrogen) atoms. The van der Waals surface area contributed by atoms with Crippen molar-refractivity contribution in [2.24, 2.45) is 7.05 Å². The van der Waals surface area contributed by atoms with Gasteiger partial charge in [0.05, 0.1) is 12.7 Å². The number of rotatable bonds is 5. The first-order valence-electron chi connectivity index (χ1n) is 10.1. The number of methoxy groups -OCH3 is 1. The van der Waals surface area contributed by atoms with Crippen molar-refractivity contribution in [3.63, 3.8) is 0 Å². The Balaban J connectivity index is 1.40. The standard InChI is InChI=1S/C26H20FNO4/c1-28-14-17(22-12-19(30-2)8-10-23(22)28)11-25-26(29)21-9-7-20(13-24(21)32-25)31-15-16-3-5-18(27)6-4-16/h3-14H,15H2,1-2H3/b25-11-. The Hall–Kier alpha value is -4.06. The number of aryl methyl sites for hydroxylation is 1. The summed E-state index contributed by atoms with van der Waals surface area (Å²) in [5, 5.41) is 0.968. The fourth-order valence-electron chi connectivity index (χ4n) is 3.79. The number of halogens is 1. The predicted octanol–water partition coefficient (Wildman–Crippen LogP) is 5.52. The number of fused-ring (bicyclic) bond motifs is 2. The van der Waals surface area contributed by atoms with E-state index in [0.29, 0.717) is 17.1 Å². The number of nitrogens with zero attached hydrogens (tertiary/aromatic N) is 1. The van der Waals surface area contributed by atoms with E-state index in [2.05, 4.69) is 0 Å². The number of allylic oxidation sites excluding steroid dienone is 1. The molecule has 0 amide bonds. The second-order valence-electron chi connectivity index (χ2n) is 7.59. The normalized spacial score (nSPS) is 14.0. The van der Waals surface area contributed by atoms with Crippen LogP contribution in [0.15, 0.2) is 72.6 Å². The molecule has 1 aliphatic heterocycles. The molecule has 0 aliphatic carbocycles. The molecule has 1 aromatic heterocycles. The van der Waals surface area contributed by atoms with Crippen molar-refractivity contribution < 1.29 is 23.4 Å². The lowest BCUT2D eigenvalue weighted by atomic mass is 10.1. The Morgan fingerprint density at radius 2 is 1.81 bits per heavy atom. The maximum Gasteiger partial charge on any atom is 0.231 e. The van der Waals surface area contributed by atoms with Crippen LogP contribution in [0.5, 0.6) is 17.2 Å². The van der Waals surface area contributed by atoms with Gasteiger partial charge in [0.25, 0.3) is 0 Å². The maximum atomic E-state index is 13.1. The number of ether oxygens (including phenoxy) is 3. The van der Waals surface area contributed by atoms with Gasteiger partial charge in [0.15, 0.2) is 5.76 Å². The first kappa shape index (κ1) is 19.9. The molecule has 0 bridgehead atoms. The summed E-state index contributed by atoms with van der Waals surface area (Å²) in [7, 11) is 3.58. The van der Waals surface area contributed by atoms with E-state index in [0.717, 1.165) is 27.8 Å². The number of aromatic nitrogens is 1. The van der Waals surface area contributed by atoms with Gasteiger partial charge in [-0.3, -0.25) is 4.79 Å². The first-order chi connectivity index (χ1) is 15.5. The Morgan fingerprint density at radius 1 is 1.03 bits per heavy atom. The second kappa shape index (κ2) is 7.89. The van der Waals surface area contributed by atoms with Gasteiger partial charge in [0.2, 0.25) is 5.78 Å². The molecule has 5 nitrogen and oxygen atoms in total. The van der Waals surface area contributed by atoms with Crippen LogP contribution < -0.4 is 14.2 Å². The van der Waals surface area contributed by atoms with Gasteiger partial charge >= 0.3 is 0 Å². The van der Waals surface area contributed by atoms with Crippen molar-refractivity contribution in [2.75, 3.05) is 7.11 Å². The SMILES string of the molecule is COc1ccc2c(c1)c(/C=C1\Oc3cc(OCc4ccc(F)cc4)ccc3C1=O)cn2C. The van der Waals surface area contributed by atoms with E-state index in [1.54, 1.807) is 43.5 Å². The Kier molecular flexibility index (Phi) is 4.90. The number of Topliss-reactive ketones (excluding diaryl/α,β-unsaturated/α-hetero) is 1. The summed E-state index contributed by atoms with van der Waals surface area (Å²) >= 11 is 0. The van der Waals surface area contributed by atoms with E-state index in [-0.39, 0.29) is 24.0 Å². The van der Waals surface area contributed by atoms with Crippen molar-refractivity contribution in [2.45, 2.75) is 6.61 Å². The summed E-state index contributed by atoms with van der Waals surface area (Å²) in [6.45, 7) is 0.285. The summed E-state index contributed by atoms with van der Waals surface area (Å²) < 4.78 is 32.1. The van der Waals surface area contributed by atoms with Crippen LogP contribution in [0.2, 0.25) is 0 Å². The summed E-state index contributed by atoms with van der Waals surface area (Å²) in [6, 6.07) is 17.1. The van der Waals surface area contributed by atoms with E-state index in [1.165, 1.54) is 12.1 Å². The molecule has 0 atom stereocenters. The fourth-order valence-corrected chi connectivity index (χ4v) is 3.79. The average Bonchev–Trinajstić information content (AvgIpc) is 3.29. The molecule has 1 aliphatic rings. The maximum absolute atomic E-state index is 13.1. The van der Waals surface area contributed by atoms with Gasteiger partial charge in [0, 0.05) is 35.8 Å². The minimum Gasteiger partial charge on any atom is -0.497 e. The van der Waals surface area contributed by atoms with Crippen LogP contribution in [0.1, 0.15) is 21.5 Å². The Labute approximate surface area is 184 Å². The zero-order chi connectivity index (χ0) is 22.2. The van der Waals surface area contributed by atoms with Gasteiger partial charge in [-0.05, 0) is 54.1 Å². The summed E-state index contributed by atoms with van der Waals surface area (Å²) in [6.07, 6.45) is 3.71. The van der Waals surface area contributed by atoms with Crippen LogP contribution in [-0.4, -0.2) is 17.5 Å². The van der Waals surface area contributed by atoms with Crippen LogP contribution in [-0.2, 0) is 13.7 Å². The molecule has 6 heteroatoms. The molecular formula is C26H20FNO4. The van der Waals surface area contributed by atoms with Crippen molar-refractivity contribution in [1.82, 2.24) is 4.57 Å².